The van der Waals surface area contributed by atoms with Crippen LogP contribution in [-0.2, 0) is 10.0 Å². The molecular formula is C19H25N5O3S. The lowest BCUT2D eigenvalue weighted by Crippen LogP contribution is -2.39. The summed E-state index contributed by atoms with van der Waals surface area (Å²) in [5, 5.41) is 0. The van der Waals surface area contributed by atoms with Gasteiger partial charge in [-0.05, 0) is 62.9 Å². The summed E-state index contributed by atoms with van der Waals surface area (Å²) in [7, 11) is -3.54. The van der Waals surface area contributed by atoms with Crippen molar-refractivity contribution >= 4 is 21.9 Å². The van der Waals surface area contributed by atoms with Crippen molar-refractivity contribution in [2.75, 3.05) is 18.5 Å². The molecule has 28 heavy (non-hydrogen) atoms. The number of sulfonamides is 1. The molecule has 0 saturated carbocycles. The fourth-order valence-electron chi connectivity index (χ4n) is 3.26. The zero-order valence-electron chi connectivity index (χ0n) is 16.3. The predicted octanol–water partition coefficient (Wildman–Crippen LogP) is 2.27. The van der Waals surface area contributed by atoms with Crippen LogP contribution >= 0.6 is 0 Å². The van der Waals surface area contributed by atoms with Gasteiger partial charge in [0, 0.05) is 30.0 Å². The topological polar surface area (TPSA) is 104 Å². The van der Waals surface area contributed by atoms with Gasteiger partial charge in [0.25, 0.3) is 5.91 Å². The lowest BCUT2D eigenvalue weighted by atomic mass is 10.0. The summed E-state index contributed by atoms with van der Waals surface area (Å²) in [6.45, 7) is 6.80. The number of nitrogens with zero attached hydrogens (tertiary/aromatic N) is 3. The molecule has 2 aromatic rings. The second kappa shape index (κ2) is 8.24. The molecule has 1 amide bonds. The first kappa shape index (κ1) is 20.2. The highest BCUT2D eigenvalue weighted by atomic mass is 32.2. The molecule has 1 fully saturated rings. The molecule has 1 atom stereocenters. The number of nitrogens with one attached hydrogen (secondary N) is 2. The number of hydrogen-bond acceptors (Lipinski definition) is 6. The van der Waals surface area contributed by atoms with Gasteiger partial charge in [-0.2, -0.15) is 4.31 Å². The summed E-state index contributed by atoms with van der Waals surface area (Å²) in [5.74, 6) is 0.245. The molecule has 2 heterocycles. The highest BCUT2D eigenvalue weighted by Crippen LogP contribution is 2.23. The highest BCUT2D eigenvalue weighted by Gasteiger charge is 2.28. The first-order valence-electron chi connectivity index (χ1n) is 9.24. The Kier molecular flexibility index (Phi) is 5.95. The molecule has 0 radical (unpaired) electrons. The largest absolute Gasteiger partial charge is 0.269 e. The Bertz CT molecular complexity index is 940. The van der Waals surface area contributed by atoms with E-state index in [1.54, 1.807) is 0 Å². The van der Waals surface area contributed by atoms with Crippen LogP contribution < -0.4 is 10.9 Å². The second-order valence-corrected chi connectivity index (χ2v) is 9.13. The van der Waals surface area contributed by atoms with Crippen molar-refractivity contribution in [2.24, 2.45) is 5.92 Å². The molecule has 1 aromatic heterocycles. The van der Waals surface area contributed by atoms with Gasteiger partial charge in [-0.25, -0.2) is 18.4 Å². The SMILES string of the molecule is Cc1cc(C)nc(NNC(=O)c2ccc(S(=O)(=O)N3CCC[C@@H](C)C3)cc2)n1. The van der Waals surface area contributed by atoms with E-state index in [2.05, 4.69) is 27.7 Å². The Balaban J connectivity index is 1.67. The van der Waals surface area contributed by atoms with E-state index in [0.717, 1.165) is 24.2 Å². The van der Waals surface area contributed by atoms with E-state index in [4.69, 9.17) is 0 Å². The molecule has 3 rings (SSSR count). The molecule has 0 bridgehead atoms. The Morgan fingerprint density at radius 1 is 1.14 bits per heavy atom. The number of carbonyl (C=O) groups excluding carboxylic acids is 1. The molecule has 0 aliphatic carbocycles. The third kappa shape index (κ3) is 4.66. The van der Waals surface area contributed by atoms with Crippen molar-refractivity contribution in [3.05, 3.63) is 47.3 Å². The summed E-state index contributed by atoms with van der Waals surface area (Å²) in [6, 6.07) is 7.77. The van der Waals surface area contributed by atoms with Crippen LogP contribution in [0, 0.1) is 19.8 Å². The lowest BCUT2D eigenvalue weighted by Gasteiger charge is -2.30. The van der Waals surface area contributed by atoms with Crippen LogP contribution in [0.15, 0.2) is 35.2 Å². The van der Waals surface area contributed by atoms with Gasteiger partial charge in [0.2, 0.25) is 16.0 Å². The number of anilines is 1. The van der Waals surface area contributed by atoms with Crippen molar-refractivity contribution in [3.63, 3.8) is 0 Å². The molecule has 9 heteroatoms. The first-order valence-corrected chi connectivity index (χ1v) is 10.7. The Hall–Kier alpha value is -2.52. The fraction of sp³-hybridized carbons (Fsp3) is 0.421. The van der Waals surface area contributed by atoms with Gasteiger partial charge in [0.15, 0.2) is 0 Å². The molecule has 8 nitrogen and oxygen atoms in total. The van der Waals surface area contributed by atoms with Crippen molar-refractivity contribution in [1.82, 2.24) is 19.7 Å². The van der Waals surface area contributed by atoms with Gasteiger partial charge in [-0.15, -0.1) is 0 Å². The Labute approximate surface area is 165 Å². The van der Waals surface area contributed by atoms with Crippen LogP contribution in [0.1, 0.15) is 41.5 Å². The van der Waals surface area contributed by atoms with Crippen LogP contribution in [0.25, 0.3) is 0 Å². The quantitative estimate of drug-likeness (QED) is 0.742. The smallest absolute Gasteiger partial charge is 0.267 e. The van der Waals surface area contributed by atoms with E-state index < -0.39 is 15.9 Å². The number of carbonyl (C=O) groups is 1. The average molecular weight is 404 g/mol. The molecule has 1 saturated heterocycles. The molecule has 1 aliphatic heterocycles. The minimum absolute atomic E-state index is 0.198. The van der Waals surface area contributed by atoms with Gasteiger partial charge >= 0.3 is 0 Å². The number of hydrogen-bond donors (Lipinski definition) is 2. The Morgan fingerprint density at radius 3 is 2.39 bits per heavy atom. The molecule has 0 unspecified atom stereocenters. The average Bonchev–Trinajstić information content (AvgIpc) is 2.65. The van der Waals surface area contributed by atoms with Crippen LogP contribution in [0.5, 0.6) is 0 Å². The summed E-state index contributed by atoms with van der Waals surface area (Å²) in [5.41, 5.74) is 7.10. The maximum absolute atomic E-state index is 12.8. The molecule has 150 valence electrons. The van der Waals surface area contributed by atoms with Gasteiger partial charge in [-0.1, -0.05) is 6.92 Å². The van der Waals surface area contributed by atoms with Gasteiger partial charge < -0.3 is 0 Å². The standard InChI is InChI=1S/C19H25N5O3S/c1-13-5-4-10-24(12-13)28(26,27)17-8-6-16(7-9-17)18(25)22-23-19-20-14(2)11-15(3)21-19/h6-9,11,13H,4-5,10,12H2,1-3H3,(H,22,25)(H,20,21,23)/t13-/m1/s1. The van der Waals surface area contributed by atoms with Crippen molar-refractivity contribution in [1.29, 1.82) is 0 Å². The normalized spacial score (nSPS) is 17.9. The number of amides is 1. The molecule has 2 N–H and O–H groups in total. The third-order valence-electron chi connectivity index (χ3n) is 4.64. The highest BCUT2D eigenvalue weighted by molar-refractivity contribution is 7.89. The predicted molar refractivity (Wildman–Crippen MR) is 106 cm³/mol. The van der Waals surface area contributed by atoms with E-state index in [1.165, 1.54) is 28.6 Å². The minimum atomic E-state index is -3.54. The fourth-order valence-corrected chi connectivity index (χ4v) is 4.86. The van der Waals surface area contributed by atoms with Crippen LogP contribution in [-0.4, -0.2) is 41.7 Å². The molecule has 0 spiro atoms. The number of aromatic nitrogens is 2. The summed E-state index contributed by atoms with van der Waals surface area (Å²) >= 11 is 0. The molecule has 1 aliphatic rings. The van der Waals surface area contributed by atoms with Crippen molar-refractivity contribution in [2.45, 2.75) is 38.5 Å². The second-order valence-electron chi connectivity index (χ2n) is 7.19. The number of hydrazine groups is 1. The van der Waals surface area contributed by atoms with Crippen LogP contribution in [0.4, 0.5) is 5.95 Å². The first-order chi connectivity index (χ1) is 13.3. The Morgan fingerprint density at radius 2 is 1.79 bits per heavy atom. The number of piperidine rings is 1. The van der Waals surface area contributed by atoms with Crippen molar-refractivity contribution in [3.8, 4) is 0 Å². The van der Waals surface area contributed by atoms with E-state index in [9.17, 15) is 13.2 Å². The molecule has 1 aromatic carbocycles. The maximum Gasteiger partial charge on any atom is 0.269 e. The van der Waals surface area contributed by atoms with Gasteiger partial charge in [0.1, 0.15) is 0 Å². The number of benzene rings is 1. The van der Waals surface area contributed by atoms with E-state index in [1.807, 2.05) is 19.9 Å². The zero-order chi connectivity index (χ0) is 20.3. The van der Waals surface area contributed by atoms with E-state index >= 15 is 0 Å². The molecular weight excluding hydrogens is 378 g/mol. The monoisotopic (exact) mass is 403 g/mol. The summed E-state index contributed by atoms with van der Waals surface area (Å²) in [4.78, 5) is 20.9. The number of rotatable bonds is 5. The van der Waals surface area contributed by atoms with Crippen LogP contribution in [0.3, 0.4) is 0 Å². The summed E-state index contributed by atoms with van der Waals surface area (Å²) < 4.78 is 27.1. The number of aryl methyl sites for hydroxylation is 2. The minimum Gasteiger partial charge on any atom is -0.267 e. The lowest BCUT2D eigenvalue weighted by molar-refractivity contribution is 0.0962. The van der Waals surface area contributed by atoms with Crippen molar-refractivity contribution < 1.29 is 13.2 Å². The van der Waals surface area contributed by atoms with E-state index in [0.29, 0.717) is 30.5 Å². The zero-order valence-corrected chi connectivity index (χ0v) is 17.1. The maximum atomic E-state index is 12.8. The van der Waals surface area contributed by atoms with E-state index in [-0.39, 0.29) is 4.90 Å². The van der Waals surface area contributed by atoms with Crippen LogP contribution in [0.2, 0.25) is 0 Å². The van der Waals surface area contributed by atoms with Gasteiger partial charge in [-0.3, -0.25) is 15.6 Å². The third-order valence-corrected chi connectivity index (χ3v) is 6.52. The summed E-state index contributed by atoms with van der Waals surface area (Å²) in [6.07, 6.45) is 1.91. The van der Waals surface area contributed by atoms with Gasteiger partial charge in [0.05, 0.1) is 4.90 Å².